The zero-order valence-electron chi connectivity index (χ0n) is 13.0. The predicted molar refractivity (Wildman–Crippen MR) is 88.5 cm³/mol. The largest absolute Gasteiger partial charge is 0.481 e. The van der Waals surface area contributed by atoms with Gasteiger partial charge in [0.15, 0.2) is 0 Å². The molecule has 1 atom stereocenters. The molecule has 8 nitrogen and oxygen atoms in total. The van der Waals surface area contributed by atoms with E-state index in [1.807, 2.05) is 6.07 Å². The number of carbonyl (C=O) groups excluding carboxylic acids is 1. The van der Waals surface area contributed by atoms with Crippen LogP contribution in [0, 0.1) is 5.92 Å². The topological polar surface area (TPSA) is 109 Å². The van der Waals surface area contributed by atoms with Crippen LogP contribution in [0.1, 0.15) is 19.3 Å². The van der Waals surface area contributed by atoms with Crippen LogP contribution >= 0.6 is 0 Å². The first kappa shape index (κ1) is 14.8. The molecule has 4 rings (SSSR count). The minimum absolute atomic E-state index is 0.0104. The Kier molecular flexibility index (Phi) is 3.33. The van der Waals surface area contributed by atoms with E-state index in [2.05, 4.69) is 14.9 Å². The van der Waals surface area contributed by atoms with E-state index in [1.165, 1.54) is 4.90 Å². The first-order valence-electron chi connectivity index (χ1n) is 8.07. The Morgan fingerprint density at radius 3 is 2.29 bits per heavy atom. The van der Waals surface area contributed by atoms with E-state index in [1.54, 1.807) is 6.07 Å². The summed E-state index contributed by atoms with van der Waals surface area (Å²) >= 11 is 0. The number of amides is 1. The number of aromatic nitrogens is 2. The summed E-state index contributed by atoms with van der Waals surface area (Å²) in [4.78, 5) is 44.3. The number of aromatic amines is 2. The molecule has 3 heterocycles. The van der Waals surface area contributed by atoms with Gasteiger partial charge in [-0.15, -0.1) is 0 Å². The number of nitrogens with zero attached hydrogens (tertiary/aromatic N) is 2. The van der Waals surface area contributed by atoms with Gasteiger partial charge in [-0.3, -0.25) is 9.59 Å². The van der Waals surface area contributed by atoms with Gasteiger partial charge in [0.1, 0.15) is 0 Å². The van der Waals surface area contributed by atoms with E-state index in [0.717, 1.165) is 31.6 Å². The van der Waals surface area contributed by atoms with E-state index < -0.39 is 11.9 Å². The number of imidazole rings is 1. The van der Waals surface area contributed by atoms with Crippen molar-refractivity contribution in [1.29, 1.82) is 0 Å². The Morgan fingerprint density at radius 2 is 1.71 bits per heavy atom. The third-order valence-corrected chi connectivity index (χ3v) is 4.82. The molecule has 2 fully saturated rings. The average Bonchev–Trinajstić information content (AvgIpc) is 3.23. The van der Waals surface area contributed by atoms with Crippen LogP contribution in [0.4, 0.5) is 11.4 Å². The van der Waals surface area contributed by atoms with E-state index >= 15 is 0 Å². The summed E-state index contributed by atoms with van der Waals surface area (Å²) < 4.78 is 0. The Balaban J connectivity index is 1.83. The molecule has 2 aliphatic rings. The quantitative estimate of drug-likeness (QED) is 0.774. The molecule has 0 radical (unpaired) electrons. The summed E-state index contributed by atoms with van der Waals surface area (Å²) in [5.74, 6) is -1.84. The molecule has 2 saturated heterocycles. The maximum absolute atomic E-state index is 12.4. The van der Waals surface area contributed by atoms with E-state index in [9.17, 15) is 19.5 Å². The predicted octanol–water partition coefficient (Wildman–Crippen LogP) is 0.894. The van der Waals surface area contributed by atoms with Gasteiger partial charge in [0.2, 0.25) is 5.91 Å². The Bertz CT molecular complexity index is 878. The zero-order valence-corrected chi connectivity index (χ0v) is 13.0. The Hall–Kier alpha value is -2.77. The highest BCUT2D eigenvalue weighted by atomic mass is 16.4. The van der Waals surface area contributed by atoms with Crippen LogP contribution in [0.2, 0.25) is 0 Å². The SMILES string of the molecule is O=C(O)[C@H]1CC(=O)N(c2cc3[nH]c(=O)[nH]c3cc2N2CCCC2)C1. The molecule has 1 amide bonds. The monoisotopic (exact) mass is 330 g/mol. The van der Waals surface area contributed by atoms with Crippen LogP contribution in [0.15, 0.2) is 16.9 Å². The summed E-state index contributed by atoms with van der Waals surface area (Å²) in [6, 6.07) is 3.64. The number of anilines is 2. The maximum atomic E-state index is 12.4. The van der Waals surface area contributed by atoms with Gasteiger partial charge < -0.3 is 24.9 Å². The minimum atomic E-state index is -0.954. The second-order valence-corrected chi connectivity index (χ2v) is 6.40. The van der Waals surface area contributed by atoms with E-state index in [0.29, 0.717) is 16.7 Å². The van der Waals surface area contributed by atoms with Crippen molar-refractivity contribution in [1.82, 2.24) is 9.97 Å². The van der Waals surface area contributed by atoms with Crippen LogP contribution in [0.3, 0.4) is 0 Å². The number of rotatable bonds is 3. The number of hydrogen-bond donors (Lipinski definition) is 3. The summed E-state index contributed by atoms with van der Waals surface area (Å²) in [5.41, 5.74) is 2.55. The molecule has 0 saturated carbocycles. The first-order chi connectivity index (χ1) is 11.5. The van der Waals surface area contributed by atoms with Gasteiger partial charge in [-0.05, 0) is 25.0 Å². The minimum Gasteiger partial charge on any atom is -0.481 e. The lowest BCUT2D eigenvalue weighted by Gasteiger charge is -2.26. The van der Waals surface area contributed by atoms with Gasteiger partial charge in [-0.1, -0.05) is 0 Å². The molecule has 3 N–H and O–H groups in total. The van der Waals surface area contributed by atoms with Crippen molar-refractivity contribution >= 4 is 34.3 Å². The molecular weight excluding hydrogens is 312 g/mol. The number of carbonyl (C=O) groups is 2. The lowest BCUT2D eigenvalue weighted by Crippen LogP contribution is -2.29. The Labute approximate surface area is 137 Å². The van der Waals surface area contributed by atoms with E-state index in [-0.39, 0.29) is 24.6 Å². The number of carboxylic acids is 1. The van der Waals surface area contributed by atoms with Crippen molar-refractivity contribution in [2.24, 2.45) is 5.92 Å². The smallest absolute Gasteiger partial charge is 0.323 e. The summed E-state index contributed by atoms with van der Waals surface area (Å²) in [7, 11) is 0. The number of carboxylic acid groups (broad SMARTS) is 1. The molecule has 0 spiro atoms. The lowest BCUT2D eigenvalue weighted by atomic mass is 10.1. The molecular formula is C16H18N4O4. The van der Waals surface area contributed by atoms with Gasteiger partial charge in [0, 0.05) is 26.1 Å². The van der Waals surface area contributed by atoms with Crippen molar-refractivity contribution in [3.63, 3.8) is 0 Å². The highest BCUT2D eigenvalue weighted by Gasteiger charge is 2.37. The molecule has 0 unspecified atom stereocenters. The van der Waals surface area contributed by atoms with Crippen molar-refractivity contribution in [2.75, 3.05) is 29.4 Å². The summed E-state index contributed by atoms with van der Waals surface area (Å²) in [6.45, 7) is 1.93. The summed E-state index contributed by atoms with van der Waals surface area (Å²) in [6.07, 6.45) is 2.16. The maximum Gasteiger partial charge on any atom is 0.323 e. The molecule has 8 heteroatoms. The molecule has 0 aliphatic carbocycles. The van der Waals surface area contributed by atoms with Crippen LogP contribution in [-0.2, 0) is 9.59 Å². The number of H-pyrrole nitrogens is 2. The van der Waals surface area contributed by atoms with Gasteiger partial charge in [0.05, 0.1) is 28.3 Å². The van der Waals surface area contributed by atoms with Crippen molar-refractivity contribution in [2.45, 2.75) is 19.3 Å². The van der Waals surface area contributed by atoms with Crippen molar-refractivity contribution in [3.8, 4) is 0 Å². The molecule has 2 aromatic rings. The van der Waals surface area contributed by atoms with E-state index in [4.69, 9.17) is 0 Å². The van der Waals surface area contributed by atoms with Gasteiger partial charge >= 0.3 is 11.7 Å². The van der Waals surface area contributed by atoms with Crippen LogP contribution in [0.5, 0.6) is 0 Å². The van der Waals surface area contributed by atoms with Gasteiger partial charge in [-0.25, -0.2) is 4.79 Å². The highest BCUT2D eigenvalue weighted by molar-refractivity contribution is 6.04. The van der Waals surface area contributed by atoms with Gasteiger partial charge in [-0.2, -0.15) is 0 Å². The molecule has 0 bridgehead atoms. The van der Waals surface area contributed by atoms with Crippen molar-refractivity contribution in [3.05, 3.63) is 22.6 Å². The second kappa shape index (κ2) is 5.40. The summed E-state index contributed by atoms with van der Waals surface area (Å²) in [5, 5.41) is 9.21. The number of aliphatic carboxylic acids is 1. The number of fused-ring (bicyclic) bond motifs is 1. The normalized spacial score (nSPS) is 21.2. The Morgan fingerprint density at radius 1 is 1.08 bits per heavy atom. The third kappa shape index (κ3) is 2.34. The molecule has 1 aromatic carbocycles. The van der Waals surface area contributed by atoms with Crippen LogP contribution in [0.25, 0.3) is 11.0 Å². The van der Waals surface area contributed by atoms with Crippen LogP contribution in [-0.4, -0.2) is 46.6 Å². The zero-order chi connectivity index (χ0) is 16.8. The molecule has 126 valence electrons. The lowest BCUT2D eigenvalue weighted by molar-refractivity contribution is -0.141. The fraction of sp³-hybridized carbons (Fsp3) is 0.438. The molecule has 1 aromatic heterocycles. The standard InChI is InChI=1S/C16H18N4O4/c21-14-5-9(15(22)23)8-20(14)13-7-11-10(17-16(24)18-11)6-12(13)19-3-1-2-4-19/h6-7,9H,1-5,8H2,(H,22,23)(H2,17,18,24)/t9-/m0/s1. The molecule has 2 aliphatic heterocycles. The third-order valence-electron chi connectivity index (χ3n) is 4.82. The fourth-order valence-corrected chi connectivity index (χ4v) is 3.59. The number of benzene rings is 1. The number of nitrogens with one attached hydrogen (secondary N) is 2. The fourth-order valence-electron chi connectivity index (χ4n) is 3.59. The molecule has 24 heavy (non-hydrogen) atoms. The first-order valence-corrected chi connectivity index (χ1v) is 8.07. The number of hydrogen-bond acceptors (Lipinski definition) is 4. The van der Waals surface area contributed by atoms with Crippen molar-refractivity contribution < 1.29 is 14.7 Å². The average molecular weight is 330 g/mol. The highest BCUT2D eigenvalue weighted by Crippen LogP contribution is 2.37. The van der Waals surface area contributed by atoms with Crippen LogP contribution < -0.4 is 15.5 Å². The second-order valence-electron chi connectivity index (χ2n) is 6.40. The van der Waals surface area contributed by atoms with Gasteiger partial charge in [0.25, 0.3) is 0 Å².